The van der Waals surface area contributed by atoms with Gasteiger partial charge in [-0.2, -0.15) is 0 Å². The van der Waals surface area contributed by atoms with Crippen LogP contribution in [0.2, 0.25) is 0 Å². The number of benzene rings is 10. The third kappa shape index (κ3) is 5.94. The van der Waals surface area contributed by atoms with Crippen molar-refractivity contribution in [2.45, 2.75) is 19.3 Å². The van der Waals surface area contributed by atoms with Crippen LogP contribution in [-0.2, 0) is 5.41 Å². The summed E-state index contributed by atoms with van der Waals surface area (Å²) in [4.78, 5) is 10.6. The largest absolute Gasteiger partial charge is 0.228 e. The first-order valence-electron chi connectivity index (χ1n) is 21.8. The predicted octanol–water partition coefficient (Wildman–Crippen LogP) is 16.2. The van der Waals surface area contributed by atoms with Gasteiger partial charge in [0, 0.05) is 22.1 Å². The summed E-state index contributed by atoms with van der Waals surface area (Å²) in [5, 5.41) is 7.44. The van der Waals surface area contributed by atoms with E-state index in [9.17, 15) is 0 Å². The van der Waals surface area contributed by atoms with Gasteiger partial charge < -0.3 is 0 Å². The Morgan fingerprint density at radius 1 is 0.286 bits per heavy atom. The normalized spacial score (nSPS) is 12.7. The van der Waals surface area contributed by atoms with Gasteiger partial charge in [-0.1, -0.05) is 226 Å². The average molecular weight is 803 g/mol. The minimum absolute atomic E-state index is 0.182. The number of hydrogen-bond acceptors (Lipinski definition) is 2. The Morgan fingerprint density at radius 3 is 1.33 bits per heavy atom. The van der Waals surface area contributed by atoms with Gasteiger partial charge in [-0.25, -0.2) is 9.97 Å². The number of nitrogens with zero attached hydrogens (tertiary/aromatic N) is 2. The molecular weight excluding hydrogens is 761 g/mol. The molecule has 0 spiro atoms. The smallest absolute Gasteiger partial charge is 0.160 e. The standard InChI is InChI=1S/C61H42N2/c1-61(2)58-43-24-10-9-20-40(43)32-33-55(58)54-31-17-30-53(59(54)61)50-35-34-48(44-25-12-13-26-45(44)50)49-36-37-52(47-28-15-14-27-46(47)49)57-38-56(62-60(63-57)41-21-7-4-8-22-41)51-29-16-11-23-42(51)39-18-5-3-6-19-39/h3-38H,1-2H3. The van der Waals surface area contributed by atoms with Gasteiger partial charge in [-0.15, -0.1) is 0 Å². The molecule has 10 aromatic carbocycles. The third-order valence-electron chi connectivity index (χ3n) is 13.3. The molecule has 0 amide bonds. The first-order valence-corrected chi connectivity index (χ1v) is 21.8. The molecule has 0 atom stereocenters. The van der Waals surface area contributed by atoms with Crippen molar-refractivity contribution in [3.63, 3.8) is 0 Å². The summed E-state index contributed by atoms with van der Waals surface area (Å²) in [6.07, 6.45) is 0. The van der Waals surface area contributed by atoms with Gasteiger partial charge >= 0.3 is 0 Å². The van der Waals surface area contributed by atoms with Gasteiger partial charge in [-0.3, -0.25) is 0 Å². The minimum atomic E-state index is -0.182. The van der Waals surface area contributed by atoms with Crippen LogP contribution in [0.4, 0.5) is 0 Å². The topological polar surface area (TPSA) is 25.8 Å². The van der Waals surface area contributed by atoms with Crippen LogP contribution in [0.25, 0.3) is 111 Å². The second-order valence-electron chi connectivity index (χ2n) is 17.2. The Bertz CT molecular complexity index is 3580. The molecule has 1 aromatic heterocycles. The van der Waals surface area contributed by atoms with Crippen LogP contribution in [0.5, 0.6) is 0 Å². The van der Waals surface area contributed by atoms with Crippen molar-refractivity contribution in [3.05, 3.63) is 230 Å². The average Bonchev–Trinajstić information content (AvgIpc) is 3.60. The SMILES string of the molecule is CC1(C)c2c(cccc2-c2ccc(-c3ccc(-c4cc(-c5ccccc5-c5ccccc5)nc(-c5ccccc5)n4)c4ccccc34)c3ccccc23)-c2ccc3ccccc3c21. The third-order valence-corrected chi connectivity index (χ3v) is 13.3. The summed E-state index contributed by atoms with van der Waals surface area (Å²) in [6.45, 7) is 4.81. The van der Waals surface area contributed by atoms with Crippen molar-refractivity contribution in [3.8, 4) is 78.4 Å². The maximum Gasteiger partial charge on any atom is 0.160 e. The van der Waals surface area contributed by atoms with E-state index in [1.807, 2.05) is 6.07 Å². The summed E-state index contributed by atoms with van der Waals surface area (Å²) in [6, 6.07) is 78.9. The Hall–Kier alpha value is -7.94. The van der Waals surface area contributed by atoms with E-state index in [2.05, 4.69) is 226 Å². The molecule has 0 unspecified atom stereocenters. The fraction of sp³-hybridized carbons (Fsp3) is 0.0492. The highest BCUT2D eigenvalue weighted by Crippen LogP contribution is 2.55. The van der Waals surface area contributed by atoms with Crippen LogP contribution in [0, 0.1) is 0 Å². The lowest BCUT2D eigenvalue weighted by Gasteiger charge is -2.26. The highest BCUT2D eigenvalue weighted by atomic mass is 14.9. The van der Waals surface area contributed by atoms with Crippen molar-refractivity contribution in [2.24, 2.45) is 0 Å². The van der Waals surface area contributed by atoms with Gasteiger partial charge in [0.2, 0.25) is 0 Å². The first-order chi connectivity index (χ1) is 31.0. The van der Waals surface area contributed by atoms with E-state index in [0.717, 1.165) is 44.6 Å². The lowest BCUT2D eigenvalue weighted by Crippen LogP contribution is -2.17. The zero-order chi connectivity index (χ0) is 42.1. The molecule has 1 heterocycles. The first kappa shape index (κ1) is 36.9. The van der Waals surface area contributed by atoms with Crippen LogP contribution in [-0.4, -0.2) is 9.97 Å². The van der Waals surface area contributed by atoms with Gasteiger partial charge in [0.15, 0.2) is 5.82 Å². The maximum absolute atomic E-state index is 5.31. The Kier molecular flexibility index (Phi) is 8.55. The van der Waals surface area contributed by atoms with Gasteiger partial charge in [0.25, 0.3) is 0 Å². The van der Waals surface area contributed by atoms with Crippen LogP contribution in [0.15, 0.2) is 218 Å². The second-order valence-corrected chi connectivity index (χ2v) is 17.2. The quantitative estimate of drug-likeness (QED) is 0.167. The van der Waals surface area contributed by atoms with Crippen LogP contribution < -0.4 is 0 Å². The lowest BCUT2D eigenvalue weighted by molar-refractivity contribution is 0.668. The van der Waals surface area contributed by atoms with Crippen molar-refractivity contribution < 1.29 is 0 Å². The molecular formula is C61H42N2. The van der Waals surface area contributed by atoms with Crippen LogP contribution in [0.3, 0.4) is 0 Å². The van der Waals surface area contributed by atoms with Gasteiger partial charge in [0.1, 0.15) is 0 Å². The number of aromatic nitrogens is 2. The molecule has 11 aromatic rings. The van der Waals surface area contributed by atoms with Crippen LogP contribution in [0.1, 0.15) is 25.0 Å². The summed E-state index contributed by atoms with van der Waals surface area (Å²) in [7, 11) is 0. The molecule has 2 nitrogen and oxygen atoms in total. The molecule has 1 aliphatic rings. The molecule has 63 heavy (non-hydrogen) atoms. The van der Waals surface area contributed by atoms with E-state index in [-0.39, 0.29) is 5.41 Å². The predicted molar refractivity (Wildman–Crippen MR) is 265 cm³/mol. The van der Waals surface area contributed by atoms with Crippen molar-refractivity contribution in [1.29, 1.82) is 0 Å². The highest BCUT2D eigenvalue weighted by Gasteiger charge is 2.39. The summed E-state index contributed by atoms with van der Waals surface area (Å²) in [5.41, 5.74) is 17.5. The number of rotatable bonds is 6. The van der Waals surface area contributed by atoms with E-state index in [1.54, 1.807) is 0 Å². The molecule has 2 heteroatoms. The van der Waals surface area contributed by atoms with Crippen LogP contribution >= 0.6 is 0 Å². The summed E-state index contributed by atoms with van der Waals surface area (Å²) in [5.74, 6) is 0.701. The molecule has 0 fully saturated rings. The van der Waals surface area contributed by atoms with Crippen molar-refractivity contribution in [2.75, 3.05) is 0 Å². The highest BCUT2D eigenvalue weighted by molar-refractivity contribution is 6.13. The van der Waals surface area contributed by atoms with E-state index in [1.165, 1.54) is 71.4 Å². The number of fused-ring (bicyclic) bond motifs is 7. The molecule has 0 saturated carbocycles. The van der Waals surface area contributed by atoms with E-state index in [4.69, 9.17) is 9.97 Å². The Morgan fingerprint density at radius 2 is 0.698 bits per heavy atom. The van der Waals surface area contributed by atoms with E-state index < -0.39 is 0 Å². The minimum Gasteiger partial charge on any atom is -0.228 e. The molecule has 296 valence electrons. The molecule has 0 bridgehead atoms. The zero-order valence-electron chi connectivity index (χ0n) is 35.2. The molecule has 12 rings (SSSR count). The molecule has 0 aliphatic heterocycles. The number of hydrogen-bond donors (Lipinski definition) is 0. The Labute approximate surface area is 367 Å². The maximum atomic E-state index is 5.31. The van der Waals surface area contributed by atoms with E-state index in [0.29, 0.717) is 5.82 Å². The van der Waals surface area contributed by atoms with Crippen molar-refractivity contribution in [1.82, 2.24) is 9.97 Å². The van der Waals surface area contributed by atoms with Gasteiger partial charge in [0.05, 0.1) is 11.4 Å². The molecule has 1 aliphatic carbocycles. The molecule has 0 saturated heterocycles. The molecule has 0 radical (unpaired) electrons. The van der Waals surface area contributed by atoms with Crippen molar-refractivity contribution >= 4 is 32.3 Å². The summed E-state index contributed by atoms with van der Waals surface area (Å²) < 4.78 is 0. The fourth-order valence-corrected chi connectivity index (χ4v) is 10.5. The summed E-state index contributed by atoms with van der Waals surface area (Å²) >= 11 is 0. The fourth-order valence-electron chi connectivity index (χ4n) is 10.5. The van der Waals surface area contributed by atoms with Gasteiger partial charge in [-0.05, 0) is 94.0 Å². The Balaban J connectivity index is 1.02. The molecule has 0 N–H and O–H groups in total. The lowest BCUT2D eigenvalue weighted by atomic mass is 9.76. The zero-order valence-corrected chi connectivity index (χ0v) is 35.2. The second kappa shape index (κ2) is 14.6. The monoisotopic (exact) mass is 802 g/mol. The van der Waals surface area contributed by atoms with E-state index >= 15 is 0 Å².